The highest BCUT2D eigenvalue weighted by molar-refractivity contribution is 6.35. The summed E-state index contributed by atoms with van der Waals surface area (Å²) in [4.78, 5) is 25.0. The first-order valence-electron chi connectivity index (χ1n) is 8.11. The van der Waals surface area contributed by atoms with E-state index in [4.69, 9.17) is 4.74 Å². The molecule has 0 saturated carbocycles. The van der Waals surface area contributed by atoms with Crippen LogP contribution >= 0.6 is 0 Å². The van der Waals surface area contributed by atoms with Gasteiger partial charge in [0.25, 0.3) is 11.6 Å². The summed E-state index contributed by atoms with van der Waals surface area (Å²) in [5, 5.41) is 16.6. The van der Waals surface area contributed by atoms with Gasteiger partial charge >= 0.3 is 0 Å². The lowest BCUT2D eigenvalue weighted by Gasteiger charge is -2.12. The van der Waals surface area contributed by atoms with Crippen LogP contribution in [0.5, 0.6) is 5.75 Å². The number of hydrogen-bond donors (Lipinski definition) is 0. The molecule has 0 unspecified atom stereocenters. The van der Waals surface area contributed by atoms with Crippen molar-refractivity contribution in [2.45, 2.75) is 0 Å². The van der Waals surface area contributed by atoms with Crippen molar-refractivity contribution < 1.29 is 14.5 Å². The molecule has 27 heavy (non-hydrogen) atoms. The minimum absolute atomic E-state index is 0.0474. The van der Waals surface area contributed by atoms with Gasteiger partial charge in [0.15, 0.2) is 0 Å². The highest BCUT2D eigenvalue weighted by atomic mass is 16.6. The lowest BCUT2D eigenvalue weighted by Crippen LogP contribution is -2.22. The van der Waals surface area contributed by atoms with Gasteiger partial charge in [-0.1, -0.05) is 0 Å². The molecule has 3 rings (SSSR count). The lowest BCUT2D eigenvalue weighted by molar-refractivity contribution is -0.384. The summed E-state index contributed by atoms with van der Waals surface area (Å²) in [5.41, 5.74) is 2.13. The molecule has 0 fully saturated rings. The summed E-state index contributed by atoms with van der Waals surface area (Å²) < 4.78 is 5.17. The Morgan fingerprint density at radius 1 is 1.11 bits per heavy atom. The van der Waals surface area contributed by atoms with E-state index < -0.39 is 4.92 Å². The van der Waals surface area contributed by atoms with Crippen LogP contribution in [0, 0.1) is 10.1 Å². The van der Waals surface area contributed by atoms with Gasteiger partial charge in [0.05, 0.1) is 23.3 Å². The van der Waals surface area contributed by atoms with Crippen molar-refractivity contribution in [3.8, 4) is 5.75 Å². The summed E-state index contributed by atoms with van der Waals surface area (Å²) in [6.07, 6.45) is 1.71. The van der Waals surface area contributed by atoms with Crippen LogP contribution in [0.2, 0.25) is 0 Å². The van der Waals surface area contributed by atoms with Gasteiger partial charge < -0.3 is 9.64 Å². The minimum atomic E-state index is -0.487. The third kappa shape index (κ3) is 3.64. The quantitative estimate of drug-likeness (QED) is 0.461. The fourth-order valence-electron chi connectivity index (χ4n) is 2.64. The molecule has 0 atom stereocenters. The SMILES string of the molecule is COc1ccc(C2=NN(c3ccc([N+](=O)[O-])cc3)C(=O)/C2=C\N(C)C)cc1. The van der Waals surface area contributed by atoms with Crippen LogP contribution in [0.15, 0.2) is 65.4 Å². The van der Waals surface area contributed by atoms with Crippen molar-refractivity contribution in [2.75, 3.05) is 26.2 Å². The first kappa shape index (κ1) is 18.1. The van der Waals surface area contributed by atoms with Crippen LogP contribution in [-0.2, 0) is 4.79 Å². The molecule has 0 N–H and O–H groups in total. The van der Waals surface area contributed by atoms with E-state index in [1.165, 1.54) is 29.3 Å². The standard InChI is InChI=1S/C19H18N4O4/c1-21(2)12-17-18(13-4-10-16(27-3)11-5-13)20-22(19(17)24)14-6-8-15(9-7-14)23(25)26/h4-12H,1-3H3/b17-12-. The van der Waals surface area contributed by atoms with Crippen molar-refractivity contribution in [2.24, 2.45) is 5.10 Å². The van der Waals surface area contributed by atoms with E-state index in [2.05, 4.69) is 5.10 Å². The van der Waals surface area contributed by atoms with Crippen molar-refractivity contribution in [1.82, 2.24) is 4.90 Å². The summed E-state index contributed by atoms with van der Waals surface area (Å²) in [5.74, 6) is 0.400. The summed E-state index contributed by atoms with van der Waals surface area (Å²) in [6, 6.07) is 12.9. The Hall–Kier alpha value is -3.68. The second-order valence-corrected chi connectivity index (χ2v) is 6.07. The molecule has 0 aromatic heterocycles. The number of anilines is 1. The van der Waals surface area contributed by atoms with Crippen LogP contribution in [0.1, 0.15) is 5.56 Å². The topological polar surface area (TPSA) is 88.3 Å². The van der Waals surface area contributed by atoms with Gasteiger partial charge in [0, 0.05) is 38.0 Å². The maximum atomic E-state index is 12.9. The molecule has 138 valence electrons. The second kappa shape index (κ2) is 7.28. The van der Waals surface area contributed by atoms with Gasteiger partial charge in [-0.25, -0.2) is 0 Å². The van der Waals surface area contributed by atoms with E-state index in [1.807, 2.05) is 26.2 Å². The number of carbonyl (C=O) groups is 1. The van der Waals surface area contributed by atoms with E-state index in [-0.39, 0.29) is 11.6 Å². The van der Waals surface area contributed by atoms with Gasteiger partial charge in [0.2, 0.25) is 0 Å². The molecule has 1 aliphatic heterocycles. The summed E-state index contributed by atoms with van der Waals surface area (Å²) >= 11 is 0. The number of amides is 1. The molecule has 1 heterocycles. The number of nitro benzene ring substituents is 1. The first-order valence-corrected chi connectivity index (χ1v) is 8.11. The zero-order valence-electron chi connectivity index (χ0n) is 15.1. The molecule has 1 amide bonds. The predicted octanol–water partition coefficient (Wildman–Crippen LogP) is 2.80. The monoisotopic (exact) mass is 366 g/mol. The Morgan fingerprint density at radius 3 is 2.26 bits per heavy atom. The fourth-order valence-corrected chi connectivity index (χ4v) is 2.64. The van der Waals surface area contributed by atoms with E-state index in [9.17, 15) is 14.9 Å². The molecule has 2 aromatic carbocycles. The molecule has 8 heteroatoms. The molecule has 0 saturated heterocycles. The number of benzene rings is 2. The van der Waals surface area contributed by atoms with Crippen molar-refractivity contribution >= 4 is 23.0 Å². The van der Waals surface area contributed by atoms with Crippen LogP contribution < -0.4 is 9.75 Å². The van der Waals surface area contributed by atoms with Crippen LogP contribution in [0.3, 0.4) is 0 Å². The number of methoxy groups -OCH3 is 1. The second-order valence-electron chi connectivity index (χ2n) is 6.07. The van der Waals surface area contributed by atoms with E-state index >= 15 is 0 Å². The summed E-state index contributed by atoms with van der Waals surface area (Å²) in [6.45, 7) is 0. The Labute approximate surface area is 156 Å². The van der Waals surface area contributed by atoms with Crippen LogP contribution in [-0.4, -0.2) is 42.6 Å². The summed E-state index contributed by atoms with van der Waals surface area (Å²) in [7, 11) is 5.22. The van der Waals surface area contributed by atoms with Gasteiger partial charge in [-0.15, -0.1) is 0 Å². The van der Waals surface area contributed by atoms with E-state index in [0.717, 1.165) is 5.56 Å². The van der Waals surface area contributed by atoms with E-state index in [1.54, 1.807) is 30.3 Å². The fraction of sp³-hybridized carbons (Fsp3) is 0.158. The van der Waals surface area contributed by atoms with Crippen LogP contribution in [0.4, 0.5) is 11.4 Å². The smallest absolute Gasteiger partial charge is 0.282 e. The lowest BCUT2D eigenvalue weighted by atomic mass is 10.0. The number of non-ortho nitro benzene ring substituents is 1. The Morgan fingerprint density at radius 2 is 1.74 bits per heavy atom. The number of ether oxygens (including phenoxy) is 1. The van der Waals surface area contributed by atoms with Gasteiger partial charge in [-0.3, -0.25) is 14.9 Å². The third-order valence-electron chi connectivity index (χ3n) is 3.93. The molecule has 0 bridgehead atoms. The predicted molar refractivity (Wildman–Crippen MR) is 102 cm³/mol. The zero-order valence-corrected chi connectivity index (χ0v) is 15.1. The van der Waals surface area contributed by atoms with E-state index in [0.29, 0.717) is 22.7 Å². The number of hydrogen-bond acceptors (Lipinski definition) is 6. The average Bonchev–Trinajstić information content (AvgIpc) is 2.98. The van der Waals surface area contributed by atoms with Gasteiger partial charge in [-0.05, 0) is 36.4 Å². The number of carbonyl (C=O) groups excluding carboxylic acids is 1. The normalized spacial score (nSPS) is 15.1. The molecule has 2 aromatic rings. The largest absolute Gasteiger partial charge is 0.497 e. The Bertz CT molecular complexity index is 931. The molecular formula is C19H18N4O4. The first-order chi connectivity index (χ1) is 12.9. The van der Waals surface area contributed by atoms with Crippen LogP contribution in [0.25, 0.3) is 0 Å². The average molecular weight is 366 g/mol. The molecule has 0 spiro atoms. The number of nitrogens with zero attached hydrogens (tertiary/aromatic N) is 4. The molecule has 1 aliphatic rings. The maximum absolute atomic E-state index is 12.9. The highest BCUT2D eigenvalue weighted by Crippen LogP contribution is 2.28. The zero-order chi connectivity index (χ0) is 19.6. The van der Waals surface area contributed by atoms with Gasteiger partial charge in [-0.2, -0.15) is 10.1 Å². The van der Waals surface area contributed by atoms with Crippen molar-refractivity contribution in [3.05, 3.63) is 76.0 Å². The third-order valence-corrected chi connectivity index (χ3v) is 3.93. The number of hydrazone groups is 1. The Balaban J connectivity index is 2.03. The Kier molecular flexibility index (Phi) is 4.89. The highest BCUT2D eigenvalue weighted by Gasteiger charge is 2.32. The van der Waals surface area contributed by atoms with Crippen molar-refractivity contribution in [1.29, 1.82) is 0 Å². The molecule has 0 radical (unpaired) electrons. The minimum Gasteiger partial charge on any atom is -0.497 e. The van der Waals surface area contributed by atoms with Gasteiger partial charge in [0.1, 0.15) is 11.5 Å². The number of nitro groups is 1. The molecule has 0 aliphatic carbocycles. The van der Waals surface area contributed by atoms with Crippen molar-refractivity contribution in [3.63, 3.8) is 0 Å². The molecular weight excluding hydrogens is 348 g/mol. The number of rotatable bonds is 5. The molecule has 8 nitrogen and oxygen atoms in total. The maximum Gasteiger partial charge on any atom is 0.282 e.